The summed E-state index contributed by atoms with van der Waals surface area (Å²) in [5.41, 5.74) is 3.46. The molecular weight excluding hydrogens is 493 g/mol. The number of aryl methyl sites for hydroxylation is 1. The van der Waals surface area contributed by atoms with E-state index in [1.54, 1.807) is 30.6 Å². The van der Waals surface area contributed by atoms with E-state index in [9.17, 15) is 18.0 Å². The fourth-order valence-corrected chi connectivity index (χ4v) is 5.81. The molecule has 2 aliphatic rings. The van der Waals surface area contributed by atoms with Gasteiger partial charge >= 0.3 is 6.18 Å². The van der Waals surface area contributed by atoms with Gasteiger partial charge in [-0.15, -0.1) is 0 Å². The highest BCUT2D eigenvalue weighted by Crippen LogP contribution is 2.49. The Labute approximate surface area is 218 Å². The molecule has 1 aromatic carbocycles. The minimum Gasteiger partial charge on any atom is -0.316 e. The summed E-state index contributed by atoms with van der Waals surface area (Å²) in [7, 11) is 0. The lowest BCUT2D eigenvalue weighted by Gasteiger charge is -2.54. The zero-order valence-corrected chi connectivity index (χ0v) is 21.5. The van der Waals surface area contributed by atoms with E-state index < -0.39 is 11.9 Å². The van der Waals surface area contributed by atoms with Gasteiger partial charge in [0.1, 0.15) is 0 Å². The quantitative estimate of drug-likeness (QED) is 0.349. The standard InChI is InChI=1S/C28H29F3N6O/c1-16(2)37-13-21(25(35-37)28(29,30)31)23-12-34-26-22(33-6-7-36(23)26)9-18-4-5-20(17(3)8-18)24(38)19-10-27(11-19)14-32-15-27/h4-8,12-13,16,19,32H,9-11,14-15H2,1-3H3. The van der Waals surface area contributed by atoms with Gasteiger partial charge in [-0.2, -0.15) is 18.3 Å². The van der Waals surface area contributed by atoms with Crippen LogP contribution >= 0.6 is 0 Å². The number of fused-ring (bicyclic) bond motifs is 1. The number of halogens is 3. The molecule has 3 aromatic heterocycles. The Morgan fingerprint density at radius 2 is 1.97 bits per heavy atom. The number of hydrogen-bond acceptors (Lipinski definition) is 5. The van der Waals surface area contributed by atoms with Crippen LogP contribution in [-0.2, 0) is 12.6 Å². The van der Waals surface area contributed by atoms with Crippen LogP contribution in [0.2, 0.25) is 0 Å². The first-order valence-corrected chi connectivity index (χ1v) is 12.9. The highest BCUT2D eigenvalue weighted by Gasteiger charge is 2.50. The SMILES string of the molecule is Cc1cc(Cc2nccn3c(-c4cn(C(C)C)nc4C(F)(F)F)cnc23)ccc1C(=O)C1CC2(CNC2)C1. The summed E-state index contributed by atoms with van der Waals surface area (Å²) in [5, 5.41) is 7.11. The molecule has 4 heterocycles. The third kappa shape index (κ3) is 4.11. The molecule has 1 spiro atoms. The number of carbonyl (C=O) groups is 1. The van der Waals surface area contributed by atoms with Crippen LogP contribution in [0.5, 0.6) is 0 Å². The van der Waals surface area contributed by atoms with E-state index in [1.807, 2.05) is 25.1 Å². The van der Waals surface area contributed by atoms with Crippen molar-refractivity contribution < 1.29 is 18.0 Å². The Hall–Kier alpha value is -3.53. The summed E-state index contributed by atoms with van der Waals surface area (Å²) in [5.74, 6) is 0.314. The van der Waals surface area contributed by atoms with Crippen molar-refractivity contribution in [3.8, 4) is 11.3 Å². The largest absolute Gasteiger partial charge is 0.435 e. The van der Waals surface area contributed by atoms with Gasteiger partial charge in [0.2, 0.25) is 0 Å². The molecule has 0 atom stereocenters. The topological polar surface area (TPSA) is 77.1 Å². The van der Waals surface area contributed by atoms with Crippen LogP contribution in [0.25, 0.3) is 16.9 Å². The van der Waals surface area contributed by atoms with Crippen molar-refractivity contribution in [3.05, 3.63) is 71.1 Å². The van der Waals surface area contributed by atoms with Crippen molar-refractivity contribution in [1.29, 1.82) is 0 Å². The first-order valence-electron chi connectivity index (χ1n) is 12.9. The number of hydrogen-bond donors (Lipinski definition) is 1. The average Bonchev–Trinajstić information content (AvgIpc) is 3.42. The maximum atomic E-state index is 13.8. The number of aromatic nitrogens is 5. The van der Waals surface area contributed by atoms with Crippen LogP contribution in [0, 0.1) is 18.3 Å². The third-order valence-electron chi connectivity index (χ3n) is 7.96. The predicted molar refractivity (Wildman–Crippen MR) is 136 cm³/mol. The number of nitrogens with zero attached hydrogens (tertiary/aromatic N) is 5. The van der Waals surface area contributed by atoms with Crippen molar-refractivity contribution >= 4 is 11.4 Å². The number of rotatable bonds is 6. The molecule has 0 unspecified atom stereocenters. The summed E-state index contributed by atoms with van der Waals surface area (Å²) in [6.07, 6.45) is 3.80. The average molecular weight is 523 g/mol. The number of imidazole rings is 1. The van der Waals surface area contributed by atoms with Gasteiger partial charge in [-0.05, 0) is 50.2 Å². The molecule has 0 amide bonds. The highest BCUT2D eigenvalue weighted by atomic mass is 19.4. The van der Waals surface area contributed by atoms with E-state index in [0.29, 0.717) is 28.9 Å². The van der Waals surface area contributed by atoms with Gasteiger partial charge in [-0.25, -0.2) is 4.98 Å². The number of carbonyl (C=O) groups excluding carboxylic acids is 1. The monoisotopic (exact) mass is 522 g/mol. The number of benzene rings is 1. The molecule has 7 nitrogen and oxygen atoms in total. The number of alkyl halides is 3. The summed E-state index contributed by atoms with van der Waals surface area (Å²) in [4.78, 5) is 22.0. The normalized spacial score (nSPS) is 17.2. The zero-order valence-electron chi connectivity index (χ0n) is 21.5. The Morgan fingerprint density at radius 1 is 1.21 bits per heavy atom. The maximum absolute atomic E-state index is 13.8. The van der Waals surface area contributed by atoms with Crippen molar-refractivity contribution in [2.75, 3.05) is 13.1 Å². The van der Waals surface area contributed by atoms with Gasteiger partial charge in [-0.1, -0.05) is 18.2 Å². The molecular formula is C28H29F3N6O. The van der Waals surface area contributed by atoms with Crippen LogP contribution in [0.3, 0.4) is 0 Å². The van der Waals surface area contributed by atoms with E-state index in [-0.39, 0.29) is 23.3 Å². The fourth-order valence-electron chi connectivity index (χ4n) is 5.81. The molecule has 1 N–H and O–H groups in total. The molecule has 0 bridgehead atoms. The minimum atomic E-state index is -4.60. The second-order valence-corrected chi connectivity index (χ2v) is 11.1. The first kappa shape index (κ1) is 24.8. The van der Waals surface area contributed by atoms with Crippen molar-refractivity contribution in [1.82, 2.24) is 29.5 Å². The zero-order chi connectivity index (χ0) is 26.8. The van der Waals surface area contributed by atoms with Crippen molar-refractivity contribution in [2.24, 2.45) is 11.3 Å². The van der Waals surface area contributed by atoms with Crippen LogP contribution in [0.4, 0.5) is 13.2 Å². The summed E-state index contributed by atoms with van der Waals surface area (Å²) in [6, 6.07) is 5.60. The van der Waals surface area contributed by atoms with Gasteiger partial charge in [0, 0.05) is 55.6 Å². The number of ketones is 1. The molecule has 0 radical (unpaired) electrons. The molecule has 10 heteroatoms. The van der Waals surface area contributed by atoms with Gasteiger partial charge in [-0.3, -0.25) is 18.9 Å². The molecule has 1 aliphatic heterocycles. The maximum Gasteiger partial charge on any atom is 0.435 e. The molecule has 6 rings (SSSR count). The Balaban J connectivity index is 1.28. The van der Waals surface area contributed by atoms with Gasteiger partial charge in [0.05, 0.1) is 23.1 Å². The molecule has 1 saturated carbocycles. The first-order chi connectivity index (χ1) is 18.0. The molecule has 198 valence electrons. The Morgan fingerprint density at radius 3 is 2.61 bits per heavy atom. The summed E-state index contributed by atoms with van der Waals surface area (Å²) >= 11 is 0. The lowest BCUT2D eigenvalue weighted by Crippen LogP contribution is -2.61. The van der Waals surface area contributed by atoms with Gasteiger partial charge in [0.25, 0.3) is 0 Å². The Bertz CT molecular complexity index is 1540. The van der Waals surface area contributed by atoms with E-state index in [0.717, 1.165) is 42.6 Å². The number of Topliss-reactive ketones (excluding diaryl/α,β-unsaturated/α-hetero) is 1. The Kier molecular flexibility index (Phi) is 5.71. The predicted octanol–water partition coefficient (Wildman–Crippen LogP) is 5.27. The smallest absolute Gasteiger partial charge is 0.316 e. The van der Waals surface area contributed by atoms with Crippen LogP contribution in [-0.4, -0.2) is 43.0 Å². The van der Waals surface area contributed by atoms with E-state index in [4.69, 9.17) is 0 Å². The number of nitrogens with one attached hydrogen (secondary N) is 1. The fraction of sp³-hybridized carbons (Fsp3) is 0.429. The second kappa shape index (κ2) is 8.76. The molecule has 1 saturated heterocycles. The van der Waals surface area contributed by atoms with Gasteiger partial charge in [0.15, 0.2) is 17.1 Å². The van der Waals surface area contributed by atoms with E-state index in [1.165, 1.54) is 17.1 Å². The summed E-state index contributed by atoms with van der Waals surface area (Å²) in [6.45, 7) is 7.54. The minimum absolute atomic E-state index is 0.0231. The van der Waals surface area contributed by atoms with E-state index >= 15 is 0 Å². The van der Waals surface area contributed by atoms with Crippen molar-refractivity contribution in [2.45, 2.75) is 52.3 Å². The molecule has 1 aliphatic carbocycles. The lowest BCUT2D eigenvalue weighted by atomic mass is 9.57. The molecule has 38 heavy (non-hydrogen) atoms. The second-order valence-electron chi connectivity index (χ2n) is 11.1. The highest BCUT2D eigenvalue weighted by molar-refractivity contribution is 5.99. The summed E-state index contributed by atoms with van der Waals surface area (Å²) < 4.78 is 44.4. The lowest BCUT2D eigenvalue weighted by molar-refractivity contribution is -0.141. The van der Waals surface area contributed by atoms with Crippen LogP contribution in [0.15, 0.2) is 43.0 Å². The molecule has 2 fully saturated rings. The van der Waals surface area contributed by atoms with Crippen LogP contribution < -0.4 is 5.32 Å². The van der Waals surface area contributed by atoms with Crippen molar-refractivity contribution in [3.63, 3.8) is 0 Å². The van der Waals surface area contributed by atoms with E-state index in [2.05, 4.69) is 20.4 Å². The third-order valence-corrected chi connectivity index (χ3v) is 7.96. The molecule has 4 aromatic rings. The van der Waals surface area contributed by atoms with Crippen LogP contribution in [0.1, 0.15) is 65.6 Å². The van der Waals surface area contributed by atoms with Gasteiger partial charge < -0.3 is 5.32 Å².